The standard InChI is InChI=1S/C11H14BrNO3S/c1-7(6-17)5-16-11-8(2)3-9(12)4-10(11)13(14)15/h3-4,7,17H,5-6H2,1-2H3. The predicted molar refractivity (Wildman–Crippen MR) is 74.0 cm³/mol. The summed E-state index contributed by atoms with van der Waals surface area (Å²) in [6, 6.07) is 3.25. The number of hydrogen-bond donors (Lipinski definition) is 1. The van der Waals surface area contributed by atoms with Gasteiger partial charge in [0, 0.05) is 10.5 Å². The molecule has 94 valence electrons. The summed E-state index contributed by atoms with van der Waals surface area (Å²) in [6.45, 7) is 4.19. The van der Waals surface area contributed by atoms with Gasteiger partial charge in [-0.2, -0.15) is 12.6 Å². The molecule has 0 aromatic heterocycles. The molecule has 0 aliphatic carbocycles. The number of benzene rings is 1. The Hall–Kier alpha value is -0.750. The molecular weight excluding hydrogens is 306 g/mol. The van der Waals surface area contributed by atoms with Crippen LogP contribution in [0.5, 0.6) is 5.75 Å². The van der Waals surface area contributed by atoms with Crippen molar-refractivity contribution in [2.24, 2.45) is 5.92 Å². The minimum absolute atomic E-state index is 0.0109. The number of nitrogens with zero attached hydrogens (tertiary/aromatic N) is 1. The SMILES string of the molecule is Cc1cc(Br)cc([N+](=O)[O-])c1OCC(C)CS. The molecule has 1 aromatic carbocycles. The minimum atomic E-state index is -0.432. The summed E-state index contributed by atoms with van der Waals surface area (Å²) in [6.07, 6.45) is 0. The number of nitro groups is 1. The highest BCUT2D eigenvalue weighted by molar-refractivity contribution is 9.10. The van der Waals surface area contributed by atoms with Crippen LogP contribution < -0.4 is 4.74 Å². The first-order valence-electron chi connectivity index (χ1n) is 5.14. The van der Waals surface area contributed by atoms with Crippen LogP contribution in [0.1, 0.15) is 12.5 Å². The van der Waals surface area contributed by atoms with Crippen LogP contribution in [0.3, 0.4) is 0 Å². The van der Waals surface area contributed by atoms with E-state index < -0.39 is 4.92 Å². The van der Waals surface area contributed by atoms with Gasteiger partial charge in [0.1, 0.15) is 0 Å². The highest BCUT2D eigenvalue weighted by Gasteiger charge is 2.19. The van der Waals surface area contributed by atoms with Crippen molar-refractivity contribution in [3.63, 3.8) is 0 Å². The lowest BCUT2D eigenvalue weighted by Gasteiger charge is -2.13. The molecule has 0 amide bonds. The number of ether oxygens (including phenoxy) is 1. The summed E-state index contributed by atoms with van der Waals surface area (Å²) < 4.78 is 6.20. The summed E-state index contributed by atoms with van der Waals surface area (Å²) in [5.41, 5.74) is 0.737. The third kappa shape index (κ3) is 3.89. The van der Waals surface area contributed by atoms with Crippen molar-refractivity contribution < 1.29 is 9.66 Å². The van der Waals surface area contributed by atoms with Crippen LogP contribution in [0.4, 0.5) is 5.69 Å². The van der Waals surface area contributed by atoms with Crippen molar-refractivity contribution in [2.45, 2.75) is 13.8 Å². The van der Waals surface area contributed by atoms with Gasteiger partial charge in [-0.15, -0.1) is 0 Å². The lowest BCUT2D eigenvalue weighted by Crippen LogP contribution is -2.11. The Bertz CT molecular complexity index is 425. The van der Waals surface area contributed by atoms with Gasteiger partial charge in [-0.1, -0.05) is 22.9 Å². The highest BCUT2D eigenvalue weighted by Crippen LogP contribution is 2.34. The molecule has 0 aliphatic rings. The molecule has 0 heterocycles. The van der Waals surface area contributed by atoms with Gasteiger partial charge in [-0.05, 0) is 30.2 Å². The molecule has 0 saturated heterocycles. The molecule has 0 radical (unpaired) electrons. The molecule has 0 spiro atoms. The van der Waals surface area contributed by atoms with Gasteiger partial charge < -0.3 is 4.74 Å². The molecular formula is C11H14BrNO3S. The Morgan fingerprint density at radius 1 is 1.59 bits per heavy atom. The van der Waals surface area contributed by atoms with Crippen LogP contribution >= 0.6 is 28.6 Å². The van der Waals surface area contributed by atoms with Gasteiger partial charge in [-0.25, -0.2) is 0 Å². The largest absolute Gasteiger partial charge is 0.486 e. The number of halogens is 1. The molecule has 4 nitrogen and oxygen atoms in total. The van der Waals surface area contributed by atoms with E-state index in [1.165, 1.54) is 6.07 Å². The fraction of sp³-hybridized carbons (Fsp3) is 0.455. The van der Waals surface area contributed by atoms with E-state index in [0.717, 1.165) is 5.56 Å². The first kappa shape index (κ1) is 14.3. The average molecular weight is 320 g/mol. The molecule has 0 fully saturated rings. The third-order valence-electron chi connectivity index (χ3n) is 2.24. The fourth-order valence-corrected chi connectivity index (χ4v) is 1.98. The smallest absolute Gasteiger partial charge is 0.312 e. The van der Waals surface area contributed by atoms with Crippen LogP contribution in [0.25, 0.3) is 0 Å². The van der Waals surface area contributed by atoms with E-state index in [0.29, 0.717) is 22.6 Å². The van der Waals surface area contributed by atoms with Crippen molar-refractivity contribution >= 4 is 34.2 Å². The van der Waals surface area contributed by atoms with E-state index in [4.69, 9.17) is 4.74 Å². The number of aryl methyl sites for hydroxylation is 1. The van der Waals surface area contributed by atoms with E-state index in [2.05, 4.69) is 28.6 Å². The lowest BCUT2D eigenvalue weighted by molar-refractivity contribution is -0.386. The van der Waals surface area contributed by atoms with Gasteiger partial charge >= 0.3 is 5.69 Å². The van der Waals surface area contributed by atoms with Gasteiger partial charge in [0.15, 0.2) is 5.75 Å². The molecule has 1 rings (SSSR count). The molecule has 6 heteroatoms. The van der Waals surface area contributed by atoms with Crippen molar-refractivity contribution in [3.8, 4) is 5.75 Å². The van der Waals surface area contributed by atoms with Gasteiger partial charge in [0.2, 0.25) is 0 Å². The number of rotatable bonds is 5. The maximum absolute atomic E-state index is 10.9. The zero-order chi connectivity index (χ0) is 13.0. The van der Waals surface area contributed by atoms with E-state index in [1.807, 2.05) is 6.92 Å². The van der Waals surface area contributed by atoms with E-state index in [-0.39, 0.29) is 11.6 Å². The van der Waals surface area contributed by atoms with Crippen molar-refractivity contribution in [1.29, 1.82) is 0 Å². The number of nitro benzene ring substituents is 1. The lowest BCUT2D eigenvalue weighted by atomic mass is 10.2. The molecule has 0 N–H and O–H groups in total. The van der Waals surface area contributed by atoms with Gasteiger partial charge in [0.25, 0.3) is 0 Å². The predicted octanol–water partition coefficient (Wildman–Crippen LogP) is 3.61. The first-order chi connectivity index (χ1) is 7.95. The molecule has 0 bridgehead atoms. The summed E-state index contributed by atoms with van der Waals surface area (Å²) in [5, 5.41) is 10.9. The fourth-order valence-electron chi connectivity index (χ4n) is 1.31. The summed E-state index contributed by atoms with van der Waals surface area (Å²) in [5.74, 6) is 1.27. The molecule has 1 aromatic rings. The second-order valence-corrected chi connectivity index (χ2v) is 5.21. The number of thiol groups is 1. The van der Waals surface area contributed by atoms with Crippen molar-refractivity contribution in [3.05, 3.63) is 32.3 Å². The topological polar surface area (TPSA) is 52.4 Å². The first-order valence-corrected chi connectivity index (χ1v) is 6.56. The normalized spacial score (nSPS) is 12.2. The van der Waals surface area contributed by atoms with Gasteiger partial charge in [0.05, 0.1) is 11.5 Å². The van der Waals surface area contributed by atoms with Crippen LogP contribution in [-0.2, 0) is 0 Å². The quantitative estimate of drug-likeness (QED) is 0.512. The second kappa shape index (κ2) is 6.26. The molecule has 1 unspecified atom stereocenters. The van der Waals surface area contributed by atoms with Crippen molar-refractivity contribution in [1.82, 2.24) is 0 Å². The summed E-state index contributed by atoms with van der Waals surface area (Å²) in [7, 11) is 0. The summed E-state index contributed by atoms with van der Waals surface area (Å²) >= 11 is 7.39. The zero-order valence-electron chi connectivity index (χ0n) is 9.64. The minimum Gasteiger partial charge on any atom is -0.486 e. The Morgan fingerprint density at radius 2 is 2.24 bits per heavy atom. The van der Waals surface area contributed by atoms with Crippen LogP contribution in [0.2, 0.25) is 0 Å². The Labute approximate surface area is 114 Å². The Morgan fingerprint density at radius 3 is 2.76 bits per heavy atom. The zero-order valence-corrected chi connectivity index (χ0v) is 12.1. The molecule has 17 heavy (non-hydrogen) atoms. The van der Waals surface area contributed by atoms with Crippen LogP contribution in [-0.4, -0.2) is 17.3 Å². The Kier molecular flexibility index (Phi) is 5.27. The van der Waals surface area contributed by atoms with Crippen LogP contribution in [0.15, 0.2) is 16.6 Å². The average Bonchev–Trinajstić information content (AvgIpc) is 2.26. The molecule has 1 atom stereocenters. The number of hydrogen-bond acceptors (Lipinski definition) is 4. The maximum atomic E-state index is 10.9. The van der Waals surface area contributed by atoms with E-state index in [9.17, 15) is 10.1 Å². The molecule has 0 saturated carbocycles. The van der Waals surface area contributed by atoms with E-state index >= 15 is 0 Å². The summed E-state index contributed by atoms with van der Waals surface area (Å²) in [4.78, 5) is 10.5. The highest BCUT2D eigenvalue weighted by atomic mass is 79.9. The third-order valence-corrected chi connectivity index (χ3v) is 3.32. The van der Waals surface area contributed by atoms with Crippen molar-refractivity contribution in [2.75, 3.05) is 12.4 Å². The molecule has 0 aliphatic heterocycles. The Balaban J connectivity index is 3.00. The maximum Gasteiger partial charge on any atom is 0.312 e. The van der Waals surface area contributed by atoms with Gasteiger partial charge in [-0.3, -0.25) is 10.1 Å². The second-order valence-electron chi connectivity index (χ2n) is 3.93. The van der Waals surface area contributed by atoms with Crippen LogP contribution in [0, 0.1) is 23.0 Å². The monoisotopic (exact) mass is 319 g/mol. The van der Waals surface area contributed by atoms with E-state index in [1.54, 1.807) is 13.0 Å².